The molecule has 5 heteroatoms. The Morgan fingerprint density at radius 1 is 1.24 bits per heavy atom. The van der Waals surface area contributed by atoms with Gasteiger partial charge in [-0.05, 0) is 48.3 Å². The molecular formula is C20H26N2O3. The van der Waals surface area contributed by atoms with Crippen LogP contribution in [-0.4, -0.2) is 23.1 Å². The standard InChI is InChI=1S/C20H26N2O3/c1-19(2)13-9-16(19)20(3)17(10-13)24-22(25-20)18(21)8-12-11-23-15-7-5-4-6-14(12)15/h4-7,11,13,16-18H,8-10,21H2,1-3H3/t13-,16-,17+,18+,20-/m0/s1. The SMILES string of the molecule is CC1(C)[C@@H]2C[C@H]3ON([C@@H](N)Cc4coc5ccccc45)O[C@@]3(C)[C@H]1C2. The fraction of sp³-hybridized carbons (Fsp3) is 0.600. The van der Waals surface area contributed by atoms with Gasteiger partial charge in [0.25, 0.3) is 0 Å². The number of nitrogens with two attached hydrogens (primary N) is 1. The zero-order valence-corrected chi connectivity index (χ0v) is 15.1. The second kappa shape index (κ2) is 5.07. The van der Waals surface area contributed by atoms with E-state index >= 15 is 0 Å². The maximum atomic E-state index is 6.44. The molecule has 1 aliphatic heterocycles. The van der Waals surface area contributed by atoms with Crippen molar-refractivity contribution in [3.8, 4) is 0 Å². The molecule has 1 aromatic carbocycles. The number of para-hydroxylation sites is 1. The first-order valence-corrected chi connectivity index (χ1v) is 9.25. The van der Waals surface area contributed by atoms with Crippen LogP contribution in [0.5, 0.6) is 0 Å². The van der Waals surface area contributed by atoms with Crippen LogP contribution >= 0.6 is 0 Å². The molecule has 3 saturated carbocycles. The number of rotatable bonds is 3. The summed E-state index contributed by atoms with van der Waals surface area (Å²) in [5.74, 6) is 1.25. The highest BCUT2D eigenvalue weighted by Crippen LogP contribution is 2.65. The Kier molecular flexibility index (Phi) is 3.21. The topological polar surface area (TPSA) is 60.9 Å². The van der Waals surface area contributed by atoms with Crippen LogP contribution in [0, 0.1) is 17.3 Å². The molecule has 2 aromatic rings. The zero-order valence-electron chi connectivity index (χ0n) is 15.1. The van der Waals surface area contributed by atoms with E-state index in [-0.39, 0.29) is 17.9 Å². The van der Waals surface area contributed by atoms with E-state index < -0.39 is 0 Å². The highest BCUT2D eigenvalue weighted by atomic mass is 17.0. The monoisotopic (exact) mass is 342 g/mol. The first-order chi connectivity index (χ1) is 11.9. The van der Waals surface area contributed by atoms with E-state index in [4.69, 9.17) is 19.8 Å². The van der Waals surface area contributed by atoms with E-state index in [9.17, 15) is 0 Å². The molecular weight excluding hydrogens is 316 g/mol. The van der Waals surface area contributed by atoms with Crippen molar-refractivity contribution in [2.45, 2.75) is 57.9 Å². The van der Waals surface area contributed by atoms with Gasteiger partial charge in [0.1, 0.15) is 23.5 Å². The van der Waals surface area contributed by atoms with Gasteiger partial charge in [-0.15, -0.1) is 0 Å². The van der Waals surface area contributed by atoms with E-state index in [0.717, 1.165) is 28.9 Å². The normalized spacial score (nSPS) is 37.7. The lowest BCUT2D eigenvalue weighted by Crippen LogP contribution is -2.65. The predicted octanol–water partition coefficient (Wildman–Crippen LogP) is 3.63. The first kappa shape index (κ1) is 15.8. The summed E-state index contributed by atoms with van der Waals surface area (Å²) in [6, 6.07) is 8.02. The van der Waals surface area contributed by atoms with Crippen LogP contribution in [0.1, 0.15) is 39.2 Å². The molecule has 5 nitrogen and oxygen atoms in total. The minimum atomic E-state index is -0.358. The summed E-state index contributed by atoms with van der Waals surface area (Å²) in [7, 11) is 0. The van der Waals surface area contributed by atoms with Crippen LogP contribution in [0.15, 0.2) is 34.9 Å². The molecule has 4 aliphatic rings. The van der Waals surface area contributed by atoms with Crippen LogP contribution in [0.2, 0.25) is 0 Å². The molecule has 1 saturated heterocycles. The van der Waals surface area contributed by atoms with Gasteiger partial charge < -0.3 is 10.2 Å². The van der Waals surface area contributed by atoms with Gasteiger partial charge in [-0.1, -0.05) is 32.0 Å². The third kappa shape index (κ3) is 2.10. The number of benzene rings is 1. The van der Waals surface area contributed by atoms with Crippen molar-refractivity contribution in [1.82, 2.24) is 5.23 Å². The van der Waals surface area contributed by atoms with Gasteiger partial charge >= 0.3 is 0 Å². The summed E-state index contributed by atoms with van der Waals surface area (Å²) >= 11 is 0. The molecule has 0 radical (unpaired) electrons. The molecule has 0 spiro atoms. The van der Waals surface area contributed by atoms with Gasteiger partial charge in [0.05, 0.1) is 6.26 Å². The van der Waals surface area contributed by atoms with Crippen molar-refractivity contribution in [2.75, 3.05) is 0 Å². The Morgan fingerprint density at radius 3 is 2.84 bits per heavy atom. The predicted molar refractivity (Wildman–Crippen MR) is 94.1 cm³/mol. The van der Waals surface area contributed by atoms with E-state index in [1.807, 2.05) is 18.2 Å². The number of hydrogen-bond donors (Lipinski definition) is 1. The van der Waals surface area contributed by atoms with Crippen LogP contribution in [0.4, 0.5) is 0 Å². The smallest absolute Gasteiger partial charge is 0.134 e. The largest absolute Gasteiger partial charge is 0.464 e. The number of hydroxylamine groups is 2. The second-order valence-electron chi connectivity index (χ2n) is 8.73. The van der Waals surface area contributed by atoms with Crippen LogP contribution in [0.3, 0.4) is 0 Å². The van der Waals surface area contributed by atoms with Crippen LogP contribution in [0.25, 0.3) is 11.0 Å². The lowest BCUT2D eigenvalue weighted by Gasteiger charge is -2.63. The third-order valence-electron chi connectivity index (χ3n) is 7.08. The van der Waals surface area contributed by atoms with Gasteiger partial charge in [-0.2, -0.15) is 0 Å². The maximum absolute atomic E-state index is 6.44. The second-order valence-corrected chi connectivity index (χ2v) is 8.73. The molecule has 3 aliphatic carbocycles. The Balaban J connectivity index is 1.35. The van der Waals surface area contributed by atoms with Crippen molar-refractivity contribution in [1.29, 1.82) is 0 Å². The van der Waals surface area contributed by atoms with Crippen molar-refractivity contribution in [3.05, 3.63) is 36.1 Å². The molecule has 134 valence electrons. The Hall–Kier alpha value is -1.40. The first-order valence-electron chi connectivity index (χ1n) is 9.25. The van der Waals surface area contributed by atoms with Crippen molar-refractivity contribution in [2.24, 2.45) is 23.0 Å². The molecule has 6 rings (SSSR count). The van der Waals surface area contributed by atoms with Crippen molar-refractivity contribution >= 4 is 11.0 Å². The summed E-state index contributed by atoms with van der Waals surface area (Å²) < 4.78 is 5.62. The fourth-order valence-corrected chi connectivity index (χ4v) is 5.35. The van der Waals surface area contributed by atoms with Gasteiger partial charge in [0.2, 0.25) is 0 Å². The average molecular weight is 342 g/mol. The number of hydrogen-bond acceptors (Lipinski definition) is 5. The van der Waals surface area contributed by atoms with Crippen LogP contribution < -0.4 is 5.73 Å². The lowest BCUT2D eigenvalue weighted by atomic mass is 9.43. The molecule has 4 fully saturated rings. The Labute approximate surface area is 148 Å². The Bertz CT molecular complexity index is 816. The van der Waals surface area contributed by atoms with Crippen molar-refractivity contribution < 1.29 is 14.1 Å². The summed E-state index contributed by atoms with van der Waals surface area (Å²) in [6.45, 7) is 6.91. The lowest BCUT2D eigenvalue weighted by molar-refractivity contribution is -0.351. The minimum Gasteiger partial charge on any atom is -0.464 e. The van der Waals surface area contributed by atoms with Gasteiger partial charge in [-0.25, -0.2) is 0 Å². The maximum Gasteiger partial charge on any atom is 0.134 e. The summed E-state index contributed by atoms with van der Waals surface area (Å²) in [4.78, 5) is 12.5. The molecule has 2 heterocycles. The molecule has 5 atom stereocenters. The molecule has 2 N–H and O–H groups in total. The average Bonchev–Trinajstić information content (AvgIpc) is 3.15. The molecule has 0 amide bonds. The molecule has 25 heavy (non-hydrogen) atoms. The summed E-state index contributed by atoms with van der Waals surface area (Å²) in [6.07, 6.45) is 4.45. The fourth-order valence-electron chi connectivity index (χ4n) is 5.35. The van der Waals surface area contributed by atoms with Crippen LogP contribution in [-0.2, 0) is 16.1 Å². The molecule has 2 bridgehead atoms. The van der Waals surface area contributed by atoms with E-state index in [0.29, 0.717) is 17.8 Å². The number of nitrogens with zero attached hydrogens (tertiary/aromatic N) is 1. The minimum absolute atomic E-state index is 0.108. The highest BCUT2D eigenvalue weighted by Gasteiger charge is 2.68. The van der Waals surface area contributed by atoms with E-state index in [1.165, 1.54) is 6.42 Å². The van der Waals surface area contributed by atoms with Gasteiger partial charge in [-0.3, -0.25) is 9.68 Å². The molecule has 1 aromatic heterocycles. The van der Waals surface area contributed by atoms with Gasteiger partial charge in [0, 0.05) is 17.4 Å². The highest BCUT2D eigenvalue weighted by molar-refractivity contribution is 5.80. The third-order valence-corrected chi connectivity index (χ3v) is 7.08. The summed E-state index contributed by atoms with van der Waals surface area (Å²) in [5.41, 5.74) is 8.46. The zero-order chi connectivity index (χ0) is 17.4. The van der Waals surface area contributed by atoms with E-state index in [2.05, 4.69) is 26.8 Å². The number of fused-ring (bicyclic) bond motifs is 1. The molecule has 0 unspecified atom stereocenters. The van der Waals surface area contributed by atoms with E-state index in [1.54, 1.807) is 11.5 Å². The van der Waals surface area contributed by atoms with Gasteiger partial charge in [0.15, 0.2) is 0 Å². The number of furan rings is 1. The Morgan fingerprint density at radius 2 is 2.04 bits per heavy atom. The quantitative estimate of drug-likeness (QED) is 0.923. The summed E-state index contributed by atoms with van der Waals surface area (Å²) in [5, 5.41) is 2.66. The van der Waals surface area contributed by atoms with Crippen molar-refractivity contribution in [3.63, 3.8) is 0 Å².